The van der Waals surface area contributed by atoms with Gasteiger partial charge in [-0.15, -0.1) is 0 Å². The molecule has 4 rings (SSSR count). The molecule has 40 heavy (non-hydrogen) atoms. The van der Waals surface area contributed by atoms with E-state index in [1.165, 1.54) is 0 Å². The van der Waals surface area contributed by atoms with E-state index in [1.54, 1.807) is 0 Å². The summed E-state index contributed by atoms with van der Waals surface area (Å²) < 4.78 is 1.93. The molecule has 2 N–H and O–H groups in total. The number of unbranched alkanes of at least 4 members (excludes halogenated alkanes) is 2. The summed E-state index contributed by atoms with van der Waals surface area (Å²) in [5, 5.41) is 7.62. The number of anilines is 2. The van der Waals surface area contributed by atoms with Gasteiger partial charge in [-0.05, 0) is 49.3 Å². The highest BCUT2D eigenvalue weighted by Gasteiger charge is 2.32. The summed E-state index contributed by atoms with van der Waals surface area (Å²) >= 11 is 0. The second-order valence-electron chi connectivity index (χ2n) is 12.5. The predicted octanol–water partition coefficient (Wildman–Crippen LogP) is 7.46. The van der Waals surface area contributed by atoms with Gasteiger partial charge in [0.2, 0.25) is 5.91 Å². The van der Waals surface area contributed by atoms with Crippen LogP contribution in [0.4, 0.5) is 11.5 Å². The molecule has 0 saturated carbocycles. The number of rotatable bonds is 13. The highest BCUT2D eigenvalue weighted by atomic mass is 16.7. The molecule has 0 radical (unpaired) electrons. The Labute approximate surface area is 238 Å². The molecular formula is C33H45N5O2. The summed E-state index contributed by atoms with van der Waals surface area (Å²) in [5.41, 5.74) is 3.31. The van der Waals surface area contributed by atoms with E-state index in [-0.39, 0.29) is 16.7 Å². The van der Waals surface area contributed by atoms with E-state index in [4.69, 9.17) is 14.8 Å². The van der Waals surface area contributed by atoms with E-state index in [1.807, 2.05) is 67.1 Å². The summed E-state index contributed by atoms with van der Waals surface area (Å²) in [5.74, 6) is 1.74. The fourth-order valence-corrected chi connectivity index (χ4v) is 5.41. The zero-order valence-electron chi connectivity index (χ0n) is 25.0. The first-order valence-corrected chi connectivity index (χ1v) is 14.6. The standard InChI is InChI=1S/C33H45N5O2/c1-7-8-20-27-37-28-29(25-18-12-13-19-26(25)36-30(28)35-24-16-10-9-11-17-24)38(27)40-22-15-14-21-34-31(39)33(5,6)23-32(2,3)4/h9-13,16-19H,7-8,14-15,20-23H2,1-6H3,(H,34,39)(H,35,36). The van der Waals surface area contributed by atoms with Crippen molar-refractivity contribution in [2.75, 3.05) is 18.5 Å². The van der Waals surface area contributed by atoms with Crippen LogP contribution in [0.25, 0.3) is 21.9 Å². The Kier molecular flexibility index (Phi) is 9.33. The minimum Gasteiger partial charge on any atom is -0.412 e. The maximum absolute atomic E-state index is 12.8. The molecule has 0 aliphatic heterocycles. The Balaban J connectivity index is 1.51. The van der Waals surface area contributed by atoms with Gasteiger partial charge in [-0.1, -0.05) is 84.4 Å². The van der Waals surface area contributed by atoms with Gasteiger partial charge >= 0.3 is 0 Å². The van der Waals surface area contributed by atoms with E-state index in [2.05, 4.69) is 44.4 Å². The molecule has 0 spiro atoms. The summed E-state index contributed by atoms with van der Waals surface area (Å²) in [6.45, 7) is 13.9. The topological polar surface area (TPSA) is 81.1 Å². The molecule has 0 saturated heterocycles. The highest BCUT2D eigenvalue weighted by molar-refractivity contribution is 6.07. The van der Waals surface area contributed by atoms with Crippen LogP contribution in [0.1, 0.15) is 79.5 Å². The van der Waals surface area contributed by atoms with Gasteiger partial charge in [0.1, 0.15) is 23.5 Å². The largest absolute Gasteiger partial charge is 0.412 e. The Morgan fingerprint density at radius 2 is 1.65 bits per heavy atom. The summed E-state index contributed by atoms with van der Waals surface area (Å²) in [6, 6.07) is 18.2. The van der Waals surface area contributed by atoms with E-state index in [0.29, 0.717) is 13.2 Å². The molecule has 2 aromatic carbocycles. The Morgan fingerprint density at radius 1 is 0.925 bits per heavy atom. The molecule has 0 fully saturated rings. The van der Waals surface area contributed by atoms with Crippen molar-refractivity contribution < 1.29 is 9.63 Å². The van der Waals surface area contributed by atoms with E-state index in [9.17, 15) is 4.79 Å². The molecule has 0 bridgehead atoms. The first kappa shape index (κ1) is 29.4. The number of hydrogen-bond donors (Lipinski definition) is 2. The van der Waals surface area contributed by atoms with Gasteiger partial charge in [0.15, 0.2) is 5.82 Å². The van der Waals surface area contributed by atoms with Crippen LogP contribution in [0, 0.1) is 10.8 Å². The smallest absolute Gasteiger partial charge is 0.225 e. The van der Waals surface area contributed by atoms with Crippen molar-refractivity contribution in [2.24, 2.45) is 10.8 Å². The Morgan fingerprint density at radius 3 is 2.38 bits per heavy atom. The number of amides is 1. The van der Waals surface area contributed by atoms with Crippen LogP contribution >= 0.6 is 0 Å². The van der Waals surface area contributed by atoms with Crippen molar-refractivity contribution in [2.45, 2.75) is 80.1 Å². The lowest BCUT2D eigenvalue weighted by atomic mass is 9.76. The Bertz CT molecular complexity index is 1420. The molecule has 2 aromatic heterocycles. The maximum Gasteiger partial charge on any atom is 0.225 e. The molecule has 0 atom stereocenters. The number of aromatic nitrogens is 3. The SMILES string of the molecule is CCCCc1nc2c(Nc3ccccc3)nc3ccccc3c2n1OCCCCNC(=O)C(C)(C)CC(C)(C)C. The van der Waals surface area contributed by atoms with Crippen molar-refractivity contribution >= 4 is 39.3 Å². The van der Waals surface area contributed by atoms with Crippen LogP contribution in [0.3, 0.4) is 0 Å². The molecule has 0 aliphatic carbocycles. The fourth-order valence-electron chi connectivity index (χ4n) is 5.41. The van der Waals surface area contributed by atoms with E-state index >= 15 is 0 Å². The first-order valence-electron chi connectivity index (χ1n) is 14.6. The van der Waals surface area contributed by atoms with Crippen molar-refractivity contribution in [3.63, 3.8) is 0 Å². The number of para-hydroxylation sites is 2. The van der Waals surface area contributed by atoms with Gasteiger partial charge in [-0.2, -0.15) is 4.73 Å². The second-order valence-corrected chi connectivity index (χ2v) is 12.5. The highest BCUT2D eigenvalue weighted by Crippen LogP contribution is 2.33. The zero-order valence-corrected chi connectivity index (χ0v) is 25.0. The van der Waals surface area contributed by atoms with Gasteiger partial charge in [-0.3, -0.25) is 4.79 Å². The maximum atomic E-state index is 12.8. The van der Waals surface area contributed by atoms with E-state index in [0.717, 1.165) is 77.8 Å². The minimum absolute atomic E-state index is 0.105. The van der Waals surface area contributed by atoms with Gasteiger partial charge in [0, 0.05) is 29.5 Å². The molecule has 2 heterocycles. The normalized spacial score (nSPS) is 12.2. The number of nitrogens with one attached hydrogen (secondary N) is 2. The predicted molar refractivity (Wildman–Crippen MR) is 165 cm³/mol. The van der Waals surface area contributed by atoms with Gasteiger partial charge in [0.05, 0.1) is 5.52 Å². The Hall–Kier alpha value is -3.61. The average molecular weight is 544 g/mol. The number of benzene rings is 2. The van der Waals surface area contributed by atoms with Gasteiger partial charge < -0.3 is 15.5 Å². The van der Waals surface area contributed by atoms with E-state index < -0.39 is 0 Å². The number of fused-ring (bicyclic) bond motifs is 3. The molecule has 0 unspecified atom stereocenters. The minimum atomic E-state index is -0.390. The monoisotopic (exact) mass is 543 g/mol. The van der Waals surface area contributed by atoms with Crippen molar-refractivity contribution in [1.82, 2.24) is 20.0 Å². The molecule has 4 aromatic rings. The van der Waals surface area contributed by atoms with Crippen molar-refractivity contribution in [1.29, 1.82) is 0 Å². The summed E-state index contributed by atoms with van der Waals surface area (Å²) in [7, 11) is 0. The number of carbonyl (C=O) groups is 1. The summed E-state index contributed by atoms with van der Waals surface area (Å²) in [6.07, 6.45) is 5.43. The molecule has 7 heteroatoms. The molecule has 0 aliphatic rings. The molecule has 7 nitrogen and oxygen atoms in total. The lowest BCUT2D eigenvalue weighted by molar-refractivity contribution is -0.130. The number of carbonyl (C=O) groups excluding carboxylic acids is 1. The number of hydrogen-bond acceptors (Lipinski definition) is 5. The van der Waals surface area contributed by atoms with Crippen LogP contribution < -0.4 is 15.5 Å². The average Bonchev–Trinajstić information content (AvgIpc) is 3.27. The third-order valence-corrected chi connectivity index (χ3v) is 6.97. The third-order valence-electron chi connectivity index (χ3n) is 6.97. The summed E-state index contributed by atoms with van der Waals surface area (Å²) in [4.78, 5) is 29.2. The number of nitrogens with zero attached hydrogens (tertiary/aromatic N) is 3. The van der Waals surface area contributed by atoms with Gasteiger partial charge in [-0.25, -0.2) is 9.97 Å². The number of imidazole rings is 1. The van der Waals surface area contributed by atoms with Crippen LogP contribution in [0.2, 0.25) is 0 Å². The third kappa shape index (κ3) is 7.32. The zero-order chi connectivity index (χ0) is 28.8. The number of aryl methyl sites for hydroxylation is 1. The van der Waals surface area contributed by atoms with Crippen molar-refractivity contribution in [3.8, 4) is 0 Å². The lowest BCUT2D eigenvalue weighted by Gasteiger charge is -2.31. The van der Waals surface area contributed by atoms with Crippen molar-refractivity contribution in [3.05, 3.63) is 60.4 Å². The molecule has 214 valence electrons. The van der Waals surface area contributed by atoms with Crippen LogP contribution in [-0.2, 0) is 11.2 Å². The molecular weight excluding hydrogens is 498 g/mol. The quantitative estimate of drug-likeness (QED) is 0.171. The van der Waals surface area contributed by atoms with Gasteiger partial charge in [0.25, 0.3) is 0 Å². The first-order chi connectivity index (χ1) is 19.1. The van der Waals surface area contributed by atoms with Crippen LogP contribution in [0.15, 0.2) is 54.6 Å². The fraction of sp³-hybridized carbons (Fsp3) is 0.485. The van der Waals surface area contributed by atoms with Crippen LogP contribution in [0.5, 0.6) is 0 Å². The number of pyridine rings is 1. The second kappa shape index (κ2) is 12.7. The van der Waals surface area contributed by atoms with Crippen LogP contribution in [-0.4, -0.2) is 33.8 Å². The molecule has 1 amide bonds. The lowest BCUT2D eigenvalue weighted by Crippen LogP contribution is -2.39.